The number of aryl methyl sites for hydroxylation is 1. The average molecular weight is 210 g/mol. The zero-order valence-corrected chi connectivity index (χ0v) is 8.79. The lowest BCUT2D eigenvalue weighted by atomic mass is 9.94. The van der Waals surface area contributed by atoms with Gasteiger partial charge in [0, 0.05) is 18.1 Å². The van der Waals surface area contributed by atoms with Gasteiger partial charge >= 0.3 is 0 Å². The van der Waals surface area contributed by atoms with E-state index in [4.69, 9.17) is 9.84 Å². The SMILES string of the molecule is CC(CO)c1c(F)ccc2c1OCCC2. The van der Waals surface area contributed by atoms with Gasteiger partial charge in [-0.15, -0.1) is 0 Å². The summed E-state index contributed by atoms with van der Waals surface area (Å²) >= 11 is 0. The molecule has 0 saturated carbocycles. The van der Waals surface area contributed by atoms with Crippen molar-refractivity contribution in [2.45, 2.75) is 25.7 Å². The number of ether oxygens (including phenoxy) is 1. The highest BCUT2D eigenvalue weighted by Crippen LogP contribution is 2.35. The van der Waals surface area contributed by atoms with E-state index in [9.17, 15) is 4.39 Å². The van der Waals surface area contributed by atoms with E-state index < -0.39 is 0 Å². The molecule has 0 bridgehead atoms. The summed E-state index contributed by atoms with van der Waals surface area (Å²) in [4.78, 5) is 0. The monoisotopic (exact) mass is 210 g/mol. The highest BCUT2D eigenvalue weighted by atomic mass is 19.1. The molecule has 0 spiro atoms. The molecule has 1 aromatic rings. The van der Waals surface area contributed by atoms with Gasteiger partial charge in [-0.2, -0.15) is 0 Å². The lowest BCUT2D eigenvalue weighted by Gasteiger charge is -2.23. The maximum atomic E-state index is 13.6. The molecule has 0 amide bonds. The molecule has 1 heterocycles. The minimum atomic E-state index is -0.280. The molecule has 3 heteroatoms. The van der Waals surface area contributed by atoms with Crippen LogP contribution < -0.4 is 4.74 Å². The molecular formula is C12H15FO2. The summed E-state index contributed by atoms with van der Waals surface area (Å²) in [5, 5.41) is 9.09. The Morgan fingerprint density at radius 1 is 1.53 bits per heavy atom. The van der Waals surface area contributed by atoms with E-state index in [-0.39, 0.29) is 18.3 Å². The van der Waals surface area contributed by atoms with E-state index >= 15 is 0 Å². The quantitative estimate of drug-likeness (QED) is 0.811. The van der Waals surface area contributed by atoms with Crippen molar-refractivity contribution in [1.82, 2.24) is 0 Å². The third-order valence-corrected chi connectivity index (χ3v) is 2.83. The zero-order chi connectivity index (χ0) is 10.8. The number of benzene rings is 1. The van der Waals surface area contributed by atoms with Gasteiger partial charge in [-0.25, -0.2) is 4.39 Å². The first-order chi connectivity index (χ1) is 7.24. The highest BCUT2D eigenvalue weighted by Gasteiger charge is 2.21. The van der Waals surface area contributed by atoms with Crippen LogP contribution in [0.2, 0.25) is 0 Å². The van der Waals surface area contributed by atoms with Crippen molar-refractivity contribution in [3.63, 3.8) is 0 Å². The second-order valence-corrected chi connectivity index (χ2v) is 3.98. The Kier molecular flexibility index (Phi) is 2.91. The van der Waals surface area contributed by atoms with Gasteiger partial charge in [-0.3, -0.25) is 0 Å². The smallest absolute Gasteiger partial charge is 0.130 e. The Bertz CT molecular complexity index is 363. The standard InChI is InChI=1S/C12H15FO2/c1-8(7-14)11-10(13)5-4-9-3-2-6-15-12(9)11/h4-5,8,14H,2-3,6-7H2,1H3. The Morgan fingerprint density at radius 3 is 3.07 bits per heavy atom. The molecule has 15 heavy (non-hydrogen) atoms. The lowest BCUT2D eigenvalue weighted by Crippen LogP contribution is -2.14. The molecule has 82 valence electrons. The van der Waals surface area contributed by atoms with Crippen molar-refractivity contribution in [3.8, 4) is 5.75 Å². The number of aliphatic hydroxyl groups excluding tert-OH is 1. The van der Waals surface area contributed by atoms with Crippen LogP contribution in [0.4, 0.5) is 4.39 Å². The van der Waals surface area contributed by atoms with Gasteiger partial charge < -0.3 is 9.84 Å². The largest absolute Gasteiger partial charge is 0.493 e. The van der Waals surface area contributed by atoms with E-state index in [2.05, 4.69) is 0 Å². The van der Waals surface area contributed by atoms with E-state index in [1.165, 1.54) is 6.07 Å². The van der Waals surface area contributed by atoms with E-state index in [0.717, 1.165) is 18.4 Å². The van der Waals surface area contributed by atoms with Gasteiger partial charge in [0.1, 0.15) is 11.6 Å². The van der Waals surface area contributed by atoms with Crippen LogP contribution in [0.5, 0.6) is 5.75 Å². The number of hydrogen-bond donors (Lipinski definition) is 1. The summed E-state index contributed by atoms with van der Waals surface area (Å²) < 4.78 is 19.1. The summed E-state index contributed by atoms with van der Waals surface area (Å²) in [6.45, 7) is 2.38. The van der Waals surface area contributed by atoms with Gasteiger partial charge in [-0.05, 0) is 24.5 Å². The fourth-order valence-corrected chi connectivity index (χ4v) is 1.98. The van der Waals surface area contributed by atoms with Crippen molar-refractivity contribution in [2.24, 2.45) is 0 Å². The van der Waals surface area contributed by atoms with Crippen LogP contribution in [0.25, 0.3) is 0 Å². The fraction of sp³-hybridized carbons (Fsp3) is 0.500. The fourth-order valence-electron chi connectivity index (χ4n) is 1.98. The minimum Gasteiger partial charge on any atom is -0.493 e. The summed E-state index contributed by atoms with van der Waals surface area (Å²) in [5.74, 6) is 0.165. The summed E-state index contributed by atoms with van der Waals surface area (Å²) in [6.07, 6.45) is 1.91. The van der Waals surface area contributed by atoms with E-state index in [1.54, 1.807) is 13.0 Å². The summed E-state index contributed by atoms with van der Waals surface area (Å²) in [6, 6.07) is 3.24. The molecule has 0 aromatic heterocycles. The van der Waals surface area contributed by atoms with E-state index in [1.807, 2.05) is 0 Å². The Morgan fingerprint density at radius 2 is 2.33 bits per heavy atom. The Hall–Kier alpha value is -1.09. The molecule has 1 atom stereocenters. The lowest BCUT2D eigenvalue weighted by molar-refractivity contribution is 0.253. The first-order valence-electron chi connectivity index (χ1n) is 5.29. The molecule has 0 fully saturated rings. The number of rotatable bonds is 2. The van der Waals surface area contributed by atoms with Gasteiger partial charge in [0.15, 0.2) is 0 Å². The zero-order valence-electron chi connectivity index (χ0n) is 8.79. The van der Waals surface area contributed by atoms with Crippen LogP contribution in [0.3, 0.4) is 0 Å². The predicted molar refractivity (Wildman–Crippen MR) is 55.7 cm³/mol. The molecule has 0 saturated heterocycles. The van der Waals surface area contributed by atoms with Gasteiger partial charge in [0.2, 0.25) is 0 Å². The highest BCUT2D eigenvalue weighted by molar-refractivity contribution is 5.45. The molecule has 1 N–H and O–H groups in total. The molecule has 2 nitrogen and oxygen atoms in total. The van der Waals surface area contributed by atoms with E-state index in [0.29, 0.717) is 17.9 Å². The van der Waals surface area contributed by atoms with Crippen molar-refractivity contribution < 1.29 is 14.2 Å². The van der Waals surface area contributed by atoms with Crippen molar-refractivity contribution >= 4 is 0 Å². The molecule has 0 radical (unpaired) electrons. The molecule has 1 aliphatic heterocycles. The van der Waals surface area contributed by atoms with Crippen molar-refractivity contribution in [2.75, 3.05) is 13.2 Å². The number of hydrogen-bond acceptors (Lipinski definition) is 2. The van der Waals surface area contributed by atoms with Crippen LogP contribution in [0.15, 0.2) is 12.1 Å². The Balaban J connectivity index is 2.50. The third-order valence-electron chi connectivity index (χ3n) is 2.83. The predicted octanol–water partition coefficient (Wildman–Crippen LogP) is 2.25. The minimum absolute atomic E-state index is 0.0588. The van der Waals surface area contributed by atoms with Crippen molar-refractivity contribution in [3.05, 3.63) is 29.1 Å². The van der Waals surface area contributed by atoms with Crippen LogP contribution >= 0.6 is 0 Å². The second-order valence-electron chi connectivity index (χ2n) is 3.98. The van der Waals surface area contributed by atoms with Gasteiger partial charge in [0.05, 0.1) is 6.61 Å². The molecular weight excluding hydrogens is 195 g/mol. The van der Waals surface area contributed by atoms with Gasteiger partial charge in [-0.1, -0.05) is 13.0 Å². The number of aliphatic hydroxyl groups is 1. The van der Waals surface area contributed by atoms with Gasteiger partial charge in [0.25, 0.3) is 0 Å². The molecule has 0 aliphatic carbocycles. The topological polar surface area (TPSA) is 29.5 Å². The first kappa shape index (κ1) is 10.4. The maximum absolute atomic E-state index is 13.6. The average Bonchev–Trinajstić information content (AvgIpc) is 2.28. The summed E-state index contributed by atoms with van der Waals surface area (Å²) in [7, 11) is 0. The normalized spacial score (nSPS) is 16.7. The van der Waals surface area contributed by atoms with Crippen LogP contribution in [-0.4, -0.2) is 18.3 Å². The number of fused-ring (bicyclic) bond motifs is 1. The first-order valence-corrected chi connectivity index (χ1v) is 5.29. The molecule has 1 aliphatic rings. The molecule has 1 unspecified atom stereocenters. The maximum Gasteiger partial charge on any atom is 0.130 e. The van der Waals surface area contributed by atoms with Crippen LogP contribution in [-0.2, 0) is 6.42 Å². The van der Waals surface area contributed by atoms with Crippen molar-refractivity contribution in [1.29, 1.82) is 0 Å². The molecule has 1 aromatic carbocycles. The Labute approximate surface area is 88.7 Å². The summed E-state index contributed by atoms with van der Waals surface area (Å²) in [5.41, 5.74) is 1.58. The second kappa shape index (κ2) is 4.19. The number of halogens is 1. The third kappa shape index (κ3) is 1.84. The van der Waals surface area contributed by atoms with Crippen LogP contribution in [0.1, 0.15) is 30.4 Å². The molecule has 2 rings (SSSR count). The van der Waals surface area contributed by atoms with Crippen LogP contribution in [0, 0.1) is 5.82 Å².